The second-order valence-corrected chi connectivity index (χ2v) is 6.03. The molecular formula is C19H23N3O3. The van der Waals surface area contributed by atoms with Crippen molar-refractivity contribution in [2.45, 2.75) is 38.5 Å². The third-order valence-corrected chi connectivity index (χ3v) is 4.07. The minimum absolute atomic E-state index is 0.149. The summed E-state index contributed by atoms with van der Waals surface area (Å²) in [6, 6.07) is 13.9. The second kappa shape index (κ2) is 8.37. The van der Waals surface area contributed by atoms with Gasteiger partial charge in [0.05, 0.1) is 18.5 Å². The third-order valence-electron chi connectivity index (χ3n) is 4.07. The zero-order valence-electron chi connectivity index (χ0n) is 14.3. The Bertz CT molecular complexity index is 670. The lowest BCUT2D eigenvalue weighted by Crippen LogP contribution is -2.49. The van der Waals surface area contributed by atoms with Crippen LogP contribution in [0.1, 0.15) is 25.3 Å². The lowest BCUT2D eigenvalue weighted by molar-refractivity contribution is 0.129. The van der Waals surface area contributed by atoms with Crippen molar-refractivity contribution in [1.82, 2.24) is 10.3 Å². The number of nitrogens with zero attached hydrogens (tertiary/aromatic N) is 1. The maximum atomic E-state index is 11.8. The van der Waals surface area contributed by atoms with E-state index in [9.17, 15) is 4.79 Å². The number of pyridine rings is 1. The van der Waals surface area contributed by atoms with E-state index in [1.165, 1.54) is 0 Å². The number of amides is 1. The van der Waals surface area contributed by atoms with Crippen molar-refractivity contribution < 1.29 is 14.3 Å². The van der Waals surface area contributed by atoms with E-state index in [2.05, 4.69) is 15.6 Å². The van der Waals surface area contributed by atoms with Crippen molar-refractivity contribution in [3.8, 4) is 5.88 Å². The predicted molar refractivity (Wildman–Crippen MR) is 95.6 cm³/mol. The number of hydrogen-bond acceptors (Lipinski definition) is 5. The summed E-state index contributed by atoms with van der Waals surface area (Å²) in [4.78, 5) is 16.0. The smallest absolute Gasteiger partial charge is 0.407 e. The third kappa shape index (κ3) is 5.11. The molecule has 1 aliphatic rings. The highest BCUT2D eigenvalue weighted by Gasteiger charge is 2.30. The zero-order chi connectivity index (χ0) is 17.5. The largest absolute Gasteiger partial charge is 0.478 e. The minimum Gasteiger partial charge on any atom is -0.478 e. The molecule has 1 saturated carbocycles. The van der Waals surface area contributed by atoms with Crippen molar-refractivity contribution in [3.05, 3.63) is 54.2 Å². The first-order valence-corrected chi connectivity index (χ1v) is 8.55. The van der Waals surface area contributed by atoms with E-state index >= 15 is 0 Å². The van der Waals surface area contributed by atoms with Gasteiger partial charge < -0.3 is 20.1 Å². The first-order chi connectivity index (χ1) is 12.2. The summed E-state index contributed by atoms with van der Waals surface area (Å²) < 4.78 is 10.6. The second-order valence-electron chi connectivity index (χ2n) is 6.03. The molecule has 0 unspecified atom stereocenters. The summed E-state index contributed by atoms with van der Waals surface area (Å²) in [5, 5.41) is 6.29. The highest BCUT2D eigenvalue weighted by Crippen LogP contribution is 2.24. The summed E-state index contributed by atoms with van der Waals surface area (Å²) in [6.45, 7) is 2.83. The monoisotopic (exact) mass is 341 g/mol. The number of rotatable bonds is 7. The Morgan fingerprint density at radius 1 is 1.16 bits per heavy atom. The van der Waals surface area contributed by atoms with E-state index in [1.807, 2.05) is 49.4 Å². The van der Waals surface area contributed by atoms with Crippen LogP contribution in [-0.2, 0) is 11.3 Å². The molecule has 6 heteroatoms. The lowest BCUT2D eigenvalue weighted by atomic mass is 9.87. The Hall–Kier alpha value is -2.76. The van der Waals surface area contributed by atoms with Crippen molar-refractivity contribution in [1.29, 1.82) is 0 Å². The summed E-state index contributed by atoms with van der Waals surface area (Å²) >= 11 is 0. The number of alkyl carbamates (subject to hydrolysis) is 1. The predicted octanol–water partition coefficient (Wildman–Crippen LogP) is 3.35. The lowest BCUT2D eigenvalue weighted by Gasteiger charge is -2.36. The Labute approximate surface area is 147 Å². The molecule has 25 heavy (non-hydrogen) atoms. The van der Waals surface area contributed by atoms with Gasteiger partial charge in [-0.25, -0.2) is 9.78 Å². The van der Waals surface area contributed by atoms with Gasteiger partial charge in [0, 0.05) is 18.2 Å². The van der Waals surface area contributed by atoms with Crippen LogP contribution >= 0.6 is 0 Å². The number of carbonyl (C=O) groups excluding carboxylic acids is 1. The van der Waals surface area contributed by atoms with Crippen LogP contribution in [0.3, 0.4) is 0 Å². The number of aromatic nitrogens is 1. The van der Waals surface area contributed by atoms with Crippen molar-refractivity contribution in [3.63, 3.8) is 0 Å². The number of carbonyl (C=O) groups is 1. The van der Waals surface area contributed by atoms with E-state index in [1.54, 1.807) is 6.20 Å². The van der Waals surface area contributed by atoms with E-state index < -0.39 is 0 Å². The Kier molecular flexibility index (Phi) is 5.72. The summed E-state index contributed by atoms with van der Waals surface area (Å²) in [5.41, 5.74) is 1.94. The Morgan fingerprint density at radius 2 is 1.96 bits per heavy atom. The standard InChI is InChI=1S/C19H23N3O3/c1-2-24-18-9-8-15(12-20-18)21-16-10-17(11-16)22-19(23)25-13-14-6-4-3-5-7-14/h3-9,12,16-17,21H,2,10-11,13H2,1H3,(H,22,23). The van der Waals surface area contributed by atoms with Crippen molar-refractivity contribution >= 4 is 11.8 Å². The van der Waals surface area contributed by atoms with Gasteiger partial charge >= 0.3 is 6.09 Å². The molecule has 2 N–H and O–H groups in total. The van der Waals surface area contributed by atoms with Crippen LogP contribution in [-0.4, -0.2) is 29.8 Å². The van der Waals surface area contributed by atoms with E-state index in [-0.39, 0.29) is 12.1 Å². The zero-order valence-corrected chi connectivity index (χ0v) is 14.3. The van der Waals surface area contributed by atoms with E-state index in [0.717, 1.165) is 24.1 Å². The van der Waals surface area contributed by atoms with Gasteiger partial charge in [-0.3, -0.25) is 0 Å². The molecule has 1 heterocycles. The quantitative estimate of drug-likeness (QED) is 0.808. The highest BCUT2D eigenvalue weighted by molar-refractivity contribution is 5.67. The maximum Gasteiger partial charge on any atom is 0.407 e. The van der Waals surface area contributed by atoms with Gasteiger partial charge in [-0.05, 0) is 31.4 Å². The van der Waals surface area contributed by atoms with Crippen LogP contribution in [0.4, 0.5) is 10.5 Å². The molecule has 1 aliphatic carbocycles. The molecule has 1 fully saturated rings. The molecule has 0 atom stereocenters. The van der Waals surface area contributed by atoms with Gasteiger partial charge in [-0.1, -0.05) is 30.3 Å². The van der Waals surface area contributed by atoms with Crippen LogP contribution in [0.5, 0.6) is 5.88 Å². The summed E-state index contributed by atoms with van der Waals surface area (Å²) in [7, 11) is 0. The fourth-order valence-corrected chi connectivity index (χ4v) is 2.72. The van der Waals surface area contributed by atoms with E-state index in [0.29, 0.717) is 25.1 Å². The number of anilines is 1. The first kappa shape index (κ1) is 17.1. The average Bonchev–Trinajstić information content (AvgIpc) is 2.61. The number of ether oxygens (including phenoxy) is 2. The fourth-order valence-electron chi connectivity index (χ4n) is 2.72. The number of benzene rings is 1. The molecule has 0 saturated heterocycles. The van der Waals surface area contributed by atoms with Crippen molar-refractivity contribution in [2.24, 2.45) is 0 Å². The molecule has 3 rings (SSSR count). The molecule has 0 bridgehead atoms. The molecule has 2 aromatic rings. The molecule has 1 amide bonds. The van der Waals surface area contributed by atoms with Gasteiger partial charge in [0.15, 0.2) is 0 Å². The molecule has 0 radical (unpaired) electrons. The SMILES string of the molecule is CCOc1ccc(NC2CC(NC(=O)OCc3ccccc3)C2)cn1. The van der Waals surface area contributed by atoms with E-state index in [4.69, 9.17) is 9.47 Å². The van der Waals surface area contributed by atoms with Gasteiger partial charge in [-0.2, -0.15) is 0 Å². The van der Waals surface area contributed by atoms with Gasteiger partial charge in [0.25, 0.3) is 0 Å². The van der Waals surface area contributed by atoms with Crippen molar-refractivity contribution in [2.75, 3.05) is 11.9 Å². The molecule has 132 valence electrons. The summed E-state index contributed by atoms with van der Waals surface area (Å²) in [5.74, 6) is 0.627. The summed E-state index contributed by atoms with van der Waals surface area (Å²) in [6.07, 6.45) is 3.14. The normalized spacial score (nSPS) is 18.8. The van der Waals surface area contributed by atoms with Crippen LogP contribution < -0.4 is 15.4 Å². The van der Waals surface area contributed by atoms with Crippen LogP contribution in [0, 0.1) is 0 Å². The van der Waals surface area contributed by atoms with Gasteiger partial charge in [0.1, 0.15) is 6.61 Å². The van der Waals surface area contributed by atoms with Crippen LogP contribution in [0.25, 0.3) is 0 Å². The molecular weight excluding hydrogens is 318 g/mol. The Morgan fingerprint density at radius 3 is 2.64 bits per heavy atom. The topological polar surface area (TPSA) is 72.5 Å². The number of hydrogen-bond donors (Lipinski definition) is 2. The van der Waals surface area contributed by atoms with Crippen LogP contribution in [0.2, 0.25) is 0 Å². The molecule has 0 spiro atoms. The molecule has 1 aromatic heterocycles. The minimum atomic E-state index is -0.366. The Balaban J connectivity index is 1.34. The molecule has 1 aromatic carbocycles. The van der Waals surface area contributed by atoms with Crippen LogP contribution in [0.15, 0.2) is 48.7 Å². The first-order valence-electron chi connectivity index (χ1n) is 8.55. The fraction of sp³-hybridized carbons (Fsp3) is 0.368. The van der Waals surface area contributed by atoms with Gasteiger partial charge in [-0.15, -0.1) is 0 Å². The highest BCUT2D eigenvalue weighted by atomic mass is 16.5. The van der Waals surface area contributed by atoms with Gasteiger partial charge in [0.2, 0.25) is 5.88 Å². The average molecular weight is 341 g/mol. The molecule has 6 nitrogen and oxygen atoms in total. The number of nitrogens with one attached hydrogen (secondary N) is 2. The molecule has 0 aliphatic heterocycles. The maximum absolute atomic E-state index is 11.8.